The fraction of sp³-hybridized carbons (Fsp3) is 0.400. The van der Waals surface area contributed by atoms with Gasteiger partial charge >= 0.3 is 0 Å². The minimum absolute atomic E-state index is 0.296. The van der Waals surface area contributed by atoms with E-state index in [4.69, 9.17) is 22.3 Å². The number of halogens is 1. The molecule has 2 atom stereocenters. The molecule has 0 radical (unpaired) electrons. The van der Waals surface area contributed by atoms with Crippen LogP contribution in [0.3, 0.4) is 0 Å². The third kappa shape index (κ3) is 3.04. The number of likely N-dealkylation sites (tertiary alicyclic amines) is 1. The number of aromatic nitrogens is 1. The summed E-state index contributed by atoms with van der Waals surface area (Å²) in [6, 6.07) is 8.12. The average molecular weight is 308 g/mol. The monoisotopic (exact) mass is 307 g/mol. The van der Waals surface area contributed by atoms with Crippen molar-refractivity contribution in [1.29, 1.82) is 0 Å². The second kappa shape index (κ2) is 5.82. The minimum atomic E-state index is 0.296. The van der Waals surface area contributed by atoms with Crippen molar-refractivity contribution < 1.29 is 0 Å². The molecule has 0 spiro atoms. The summed E-state index contributed by atoms with van der Waals surface area (Å²) < 4.78 is 0. The van der Waals surface area contributed by atoms with Crippen molar-refractivity contribution in [2.75, 3.05) is 13.1 Å². The van der Waals surface area contributed by atoms with E-state index in [1.165, 1.54) is 0 Å². The second-order valence-electron chi connectivity index (χ2n) is 5.49. The largest absolute Gasteiger partial charge is 0.326 e. The molecule has 3 nitrogen and oxygen atoms in total. The topological polar surface area (TPSA) is 42.2 Å². The van der Waals surface area contributed by atoms with E-state index in [2.05, 4.69) is 17.2 Å². The molecule has 2 aromatic rings. The Bertz CT molecular complexity index is 571. The van der Waals surface area contributed by atoms with Crippen LogP contribution in [0.2, 0.25) is 5.02 Å². The van der Waals surface area contributed by atoms with Crippen LogP contribution in [0.15, 0.2) is 29.6 Å². The van der Waals surface area contributed by atoms with E-state index in [1.807, 2.05) is 24.3 Å². The molecule has 1 aliphatic rings. The number of hydrogen-bond acceptors (Lipinski definition) is 4. The van der Waals surface area contributed by atoms with Crippen molar-refractivity contribution in [2.24, 2.45) is 11.7 Å². The summed E-state index contributed by atoms with van der Waals surface area (Å²) in [4.78, 5) is 7.10. The number of benzene rings is 1. The van der Waals surface area contributed by atoms with Gasteiger partial charge in [-0.15, -0.1) is 11.3 Å². The smallest absolute Gasteiger partial charge is 0.123 e. The molecule has 2 heterocycles. The average Bonchev–Trinajstić information content (AvgIpc) is 2.99. The van der Waals surface area contributed by atoms with Crippen LogP contribution in [0.25, 0.3) is 10.6 Å². The third-order valence-corrected chi connectivity index (χ3v) is 4.97. The van der Waals surface area contributed by atoms with Gasteiger partial charge in [-0.2, -0.15) is 0 Å². The highest BCUT2D eigenvalue weighted by Gasteiger charge is 2.26. The van der Waals surface area contributed by atoms with Gasteiger partial charge in [0, 0.05) is 41.6 Å². The van der Waals surface area contributed by atoms with E-state index in [1.54, 1.807) is 11.3 Å². The first-order valence-electron chi connectivity index (χ1n) is 6.80. The quantitative estimate of drug-likeness (QED) is 0.946. The maximum atomic E-state index is 6.06. The molecule has 3 rings (SSSR count). The highest BCUT2D eigenvalue weighted by atomic mass is 35.5. The Labute approximate surface area is 128 Å². The lowest BCUT2D eigenvalue weighted by Crippen LogP contribution is -2.28. The van der Waals surface area contributed by atoms with Crippen LogP contribution < -0.4 is 5.73 Å². The lowest BCUT2D eigenvalue weighted by atomic mass is 10.1. The lowest BCUT2D eigenvalue weighted by Gasteiger charge is -2.12. The van der Waals surface area contributed by atoms with Crippen molar-refractivity contribution in [2.45, 2.75) is 19.5 Å². The number of nitrogens with two attached hydrogens (primary N) is 1. The summed E-state index contributed by atoms with van der Waals surface area (Å²) in [7, 11) is 0. The molecule has 2 unspecified atom stereocenters. The molecule has 106 valence electrons. The maximum absolute atomic E-state index is 6.06. The zero-order valence-corrected chi connectivity index (χ0v) is 13.0. The summed E-state index contributed by atoms with van der Waals surface area (Å²) >= 11 is 7.59. The lowest BCUT2D eigenvalue weighted by molar-refractivity contribution is 0.315. The van der Waals surface area contributed by atoms with Crippen LogP contribution in [-0.4, -0.2) is 29.0 Å². The Hall–Kier alpha value is -0.940. The molecule has 20 heavy (non-hydrogen) atoms. The van der Waals surface area contributed by atoms with Crippen molar-refractivity contribution in [3.63, 3.8) is 0 Å². The Balaban J connectivity index is 1.69. The summed E-state index contributed by atoms with van der Waals surface area (Å²) in [5.74, 6) is 0.573. The van der Waals surface area contributed by atoms with E-state index in [9.17, 15) is 0 Å². The first-order chi connectivity index (χ1) is 9.61. The zero-order chi connectivity index (χ0) is 14.1. The fourth-order valence-electron chi connectivity index (χ4n) is 2.56. The molecule has 1 aromatic heterocycles. The first-order valence-corrected chi connectivity index (χ1v) is 8.06. The summed E-state index contributed by atoms with van der Waals surface area (Å²) in [6.07, 6.45) is 0. The Morgan fingerprint density at radius 2 is 2.10 bits per heavy atom. The van der Waals surface area contributed by atoms with Gasteiger partial charge in [0.05, 0.1) is 5.69 Å². The molecule has 0 amide bonds. The highest BCUT2D eigenvalue weighted by Crippen LogP contribution is 2.26. The molecule has 2 N–H and O–H groups in total. The molecule has 1 aliphatic heterocycles. The molecule has 5 heteroatoms. The van der Waals surface area contributed by atoms with E-state index in [0.717, 1.165) is 40.9 Å². The van der Waals surface area contributed by atoms with Crippen LogP contribution in [0, 0.1) is 5.92 Å². The summed E-state index contributed by atoms with van der Waals surface area (Å²) in [6.45, 7) is 5.14. The first kappa shape index (κ1) is 14.0. The van der Waals surface area contributed by atoms with Gasteiger partial charge in [0.1, 0.15) is 5.01 Å². The van der Waals surface area contributed by atoms with E-state index in [0.29, 0.717) is 12.0 Å². The molecular weight excluding hydrogens is 290 g/mol. The summed E-state index contributed by atoms with van der Waals surface area (Å²) in [5.41, 5.74) is 8.31. The van der Waals surface area contributed by atoms with Crippen molar-refractivity contribution in [1.82, 2.24) is 9.88 Å². The van der Waals surface area contributed by atoms with Gasteiger partial charge in [0.15, 0.2) is 0 Å². The molecule has 1 saturated heterocycles. The predicted molar refractivity (Wildman–Crippen MR) is 85.0 cm³/mol. The molecule has 1 fully saturated rings. The van der Waals surface area contributed by atoms with E-state index in [-0.39, 0.29) is 0 Å². The molecule has 0 aliphatic carbocycles. The molecular formula is C15H18ClN3S. The van der Waals surface area contributed by atoms with Crippen molar-refractivity contribution in [3.05, 3.63) is 40.4 Å². The van der Waals surface area contributed by atoms with Crippen LogP contribution in [0.5, 0.6) is 0 Å². The van der Waals surface area contributed by atoms with Gasteiger partial charge in [-0.05, 0) is 18.1 Å². The van der Waals surface area contributed by atoms with Gasteiger partial charge in [0.2, 0.25) is 0 Å². The Morgan fingerprint density at radius 1 is 1.35 bits per heavy atom. The molecule has 1 aromatic carbocycles. The SMILES string of the molecule is CC1CN(Cc2csc(-c3ccc(Cl)cc3)n2)CC1N. The van der Waals surface area contributed by atoms with Gasteiger partial charge in [0.25, 0.3) is 0 Å². The number of rotatable bonds is 3. The number of nitrogens with zero attached hydrogens (tertiary/aromatic N) is 2. The Morgan fingerprint density at radius 3 is 2.75 bits per heavy atom. The van der Waals surface area contributed by atoms with E-state index < -0.39 is 0 Å². The zero-order valence-electron chi connectivity index (χ0n) is 11.4. The van der Waals surface area contributed by atoms with Gasteiger partial charge in [-0.25, -0.2) is 4.98 Å². The molecule has 0 bridgehead atoms. The van der Waals surface area contributed by atoms with Crippen molar-refractivity contribution in [3.8, 4) is 10.6 Å². The normalized spacial score (nSPS) is 23.4. The minimum Gasteiger partial charge on any atom is -0.326 e. The van der Waals surface area contributed by atoms with E-state index >= 15 is 0 Å². The van der Waals surface area contributed by atoms with Gasteiger partial charge < -0.3 is 5.73 Å². The van der Waals surface area contributed by atoms with Crippen LogP contribution in [-0.2, 0) is 6.54 Å². The maximum Gasteiger partial charge on any atom is 0.123 e. The molecule has 0 saturated carbocycles. The predicted octanol–water partition coefficient (Wildman–Crippen LogP) is 3.24. The van der Waals surface area contributed by atoms with Crippen LogP contribution >= 0.6 is 22.9 Å². The highest BCUT2D eigenvalue weighted by molar-refractivity contribution is 7.13. The fourth-order valence-corrected chi connectivity index (χ4v) is 3.50. The van der Waals surface area contributed by atoms with Crippen LogP contribution in [0.4, 0.5) is 0 Å². The Kier molecular flexibility index (Phi) is 4.08. The van der Waals surface area contributed by atoms with Crippen LogP contribution in [0.1, 0.15) is 12.6 Å². The standard InChI is InChI=1S/C15H18ClN3S/c1-10-6-19(8-14(10)17)7-13-9-20-15(18-13)11-2-4-12(16)5-3-11/h2-5,9-10,14H,6-8,17H2,1H3. The second-order valence-corrected chi connectivity index (χ2v) is 6.78. The van der Waals surface area contributed by atoms with Gasteiger partial charge in [-0.3, -0.25) is 4.90 Å². The third-order valence-electron chi connectivity index (χ3n) is 3.77. The number of hydrogen-bond donors (Lipinski definition) is 1. The van der Waals surface area contributed by atoms with Crippen molar-refractivity contribution >= 4 is 22.9 Å². The number of thiazole rings is 1. The van der Waals surface area contributed by atoms with Gasteiger partial charge in [-0.1, -0.05) is 30.7 Å². The summed E-state index contributed by atoms with van der Waals surface area (Å²) in [5, 5.41) is 3.94.